The number of carbonyl (C=O) groups excluding carboxylic acids is 1. The number of rotatable bonds is 5. The highest BCUT2D eigenvalue weighted by molar-refractivity contribution is 7.14. The molecule has 1 aromatic heterocycles. The molecule has 0 saturated heterocycles. The summed E-state index contributed by atoms with van der Waals surface area (Å²) in [6.45, 7) is 3.62. The molecule has 0 spiro atoms. The van der Waals surface area contributed by atoms with E-state index in [0.29, 0.717) is 0 Å². The Morgan fingerprint density at radius 1 is 1.08 bits per heavy atom. The summed E-state index contributed by atoms with van der Waals surface area (Å²) >= 11 is 1.59. The third kappa shape index (κ3) is 4.00. The number of hydrogen-bond donors (Lipinski definition) is 2. The first-order valence-corrected chi connectivity index (χ1v) is 8.65. The number of anilines is 2. The summed E-state index contributed by atoms with van der Waals surface area (Å²) in [5, 5.41) is 9.13. The highest BCUT2D eigenvalue weighted by Gasteiger charge is 2.09. The molecule has 0 aliphatic heterocycles. The van der Waals surface area contributed by atoms with E-state index in [4.69, 9.17) is 0 Å². The summed E-state index contributed by atoms with van der Waals surface area (Å²) in [7, 11) is 0. The van der Waals surface area contributed by atoms with Crippen LogP contribution in [0, 0.1) is 0 Å². The van der Waals surface area contributed by atoms with Crippen LogP contribution in [0.1, 0.15) is 25.5 Å². The third-order valence-electron chi connectivity index (χ3n) is 3.64. The molecule has 4 nitrogen and oxygen atoms in total. The van der Waals surface area contributed by atoms with Gasteiger partial charge in [-0.1, -0.05) is 42.5 Å². The van der Waals surface area contributed by atoms with Gasteiger partial charge in [-0.3, -0.25) is 4.79 Å². The van der Waals surface area contributed by atoms with Gasteiger partial charge in [-0.05, 0) is 24.6 Å². The number of carbonyl (C=O) groups is 1. The number of nitrogens with one attached hydrogen (secondary N) is 2. The van der Waals surface area contributed by atoms with Gasteiger partial charge >= 0.3 is 0 Å². The molecule has 2 aromatic carbocycles. The van der Waals surface area contributed by atoms with Crippen LogP contribution < -0.4 is 10.6 Å². The van der Waals surface area contributed by atoms with E-state index in [2.05, 4.69) is 34.7 Å². The van der Waals surface area contributed by atoms with Crippen LogP contribution in [-0.2, 0) is 4.79 Å². The second-order valence-corrected chi connectivity index (χ2v) is 6.43. The number of nitrogens with zero attached hydrogens (tertiary/aromatic N) is 1. The van der Waals surface area contributed by atoms with Gasteiger partial charge in [0, 0.05) is 23.6 Å². The standard InChI is InChI=1S/C19H19N3OS/c1-13(15-6-4-3-5-7-15)20-19-22-18(12-24-19)16-8-10-17(11-9-16)21-14(2)23/h3-13H,1-2H3,(H,20,22)(H,21,23)/t13-/m1/s1. The van der Waals surface area contributed by atoms with Crippen molar-refractivity contribution >= 4 is 28.1 Å². The number of aromatic nitrogens is 1. The summed E-state index contributed by atoms with van der Waals surface area (Å²) in [4.78, 5) is 15.7. The van der Waals surface area contributed by atoms with E-state index in [-0.39, 0.29) is 11.9 Å². The van der Waals surface area contributed by atoms with Crippen LogP contribution in [0.3, 0.4) is 0 Å². The molecule has 3 rings (SSSR count). The lowest BCUT2D eigenvalue weighted by atomic mass is 10.1. The molecule has 0 aliphatic carbocycles. The highest BCUT2D eigenvalue weighted by atomic mass is 32.1. The Morgan fingerprint density at radius 3 is 2.46 bits per heavy atom. The fourth-order valence-electron chi connectivity index (χ4n) is 2.41. The maximum Gasteiger partial charge on any atom is 0.221 e. The molecule has 0 saturated carbocycles. The van der Waals surface area contributed by atoms with E-state index in [1.54, 1.807) is 11.3 Å². The summed E-state index contributed by atoms with van der Waals surface area (Å²) in [5.41, 5.74) is 3.98. The minimum atomic E-state index is -0.0715. The normalized spacial score (nSPS) is 11.8. The maximum atomic E-state index is 11.1. The zero-order valence-corrected chi connectivity index (χ0v) is 14.4. The Balaban J connectivity index is 1.70. The first-order chi connectivity index (χ1) is 11.6. The second kappa shape index (κ2) is 7.27. The molecule has 1 heterocycles. The molecule has 3 aromatic rings. The van der Waals surface area contributed by atoms with Crippen LogP contribution in [0.2, 0.25) is 0 Å². The molecule has 24 heavy (non-hydrogen) atoms. The van der Waals surface area contributed by atoms with E-state index >= 15 is 0 Å². The number of hydrogen-bond acceptors (Lipinski definition) is 4. The topological polar surface area (TPSA) is 54.0 Å². The molecule has 0 unspecified atom stereocenters. The fraction of sp³-hybridized carbons (Fsp3) is 0.158. The molecule has 0 fully saturated rings. The predicted octanol–water partition coefficient (Wildman–Crippen LogP) is 4.94. The van der Waals surface area contributed by atoms with Crippen LogP contribution in [0.15, 0.2) is 60.0 Å². The van der Waals surface area contributed by atoms with Crippen LogP contribution in [0.4, 0.5) is 10.8 Å². The minimum absolute atomic E-state index is 0.0715. The average molecular weight is 337 g/mol. The van der Waals surface area contributed by atoms with Crippen LogP contribution in [0.25, 0.3) is 11.3 Å². The number of thiazole rings is 1. The number of benzene rings is 2. The van der Waals surface area contributed by atoms with Crippen LogP contribution in [0.5, 0.6) is 0 Å². The van der Waals surface area contributed by atoms with Gasteiger partial charge in [-0.25, -0.2) is 4.98 Å². The van der Waals surface area contributed by atoms with Gasteiger partial charge in [-0.2, -0.15) is 0 Å². The molecule has 0 bridgehead atoms. The van der Waals surface area contributed by atoms with E-state index in [0.717, 1.165) is 22.1 Å². The first-order valence-electron chi connectivity index (χ1n) is 7.77. The Hall–Kier alpha value is -2.66. The first kappa shape index (κ1) is 16.2. The molecule has 0 aliphatic rings. The van der Waals surface area contributed by atoms with Gasteiger partial charge in [0.2, 0.25) is 5.91 Å². The van der Waals surface area contributed by atoms with Gasteiger partial charge in [0.15, 0.2) is 5.13 Å². The summed E-state index contributed by atoms with van der Waals surface area (Å²) < 4.78 is 0. The van der Waals surface area contributed by atoms with Crippen molar-refractivity contribution < 1.29 is 4.79 Å². The predicted molar refractivity (Wildman–Crippen MR) is 100 cm³/mol. The molecular weight excluding hydrogens is 318 g/mol. The van der Waals surface area contributed by atoms with Gasteiger partial charge < -0.3 is 10.6 Å². The van der Waals surface area contributed by atoms with Gasteiger partial charge in [-0.15, -0.1) is 11.3 Å². The van der Waals surface area contributed by atoms with Gasteiger partial charge in [0.25, 0.3) is 0 Å². The minimum Gasteiger partial charge on any atom is -0.355 e. The molecule has 1 atom stereocenters. The quantitative estimate of drug-likeness (QED) is 0.693. The lowest BCUT2D eigenvalue weighted by molar-refractivity contribution is -0.114. The van der Waals surface area contributed by atoms with Crippen molar-refractivity contribution in [2.45, 2.75) is 19.9 Å². The van der Waals surface area contributed by atoms with Crippen molar-refractivity contribution in [2.24, 2.45) is 0 Å². The van der Waals surface area contributed by atoms with Crippen molar-refractivity contribution in [1.29, 1.82) is 0 Å². The summed E-state index contributed by atoms with van der Waals surface area (Å²) in [6.07, 6.45) is 0. The monoisotopic (exact) mass is 337 g/mol. The average Bonchev–Trinajstić information content (AvgIpc) is 3.04. The molecule has 0 radical (unpaired) electrons. The van der Waals surface area contributed by atoms with Gasteiger partial charge in [0.1, 0.15) is 0 Å². The molecule has 2 N–H and O–H groups in total. The largest absolute Gasteiger partial charge is 0.355 e. The smallest absolute Gasteiger partial charge is 0.221 e. The van der Waals surface area contributed by atoms with Crippen molar-refractivity contribution in [3.63, 3.8) is 0 Å². The lowest BCUT2D eigenvalue weighted by Gasteiger charge is -2.12. The fourth-order valence-corrected chi connectivity index (χ4v) is 3.22. The number of amides is 1. The van der Waals surface area contributed by atoms with E-state index in [1.807, 2.05) is 47.8 Å². The van der Waals surface area contributed by atoms with Crippen molar-refractivity contribution in [3.8, 4) is 11.3 Å². The maximum absolute atomic E-state index is 11.1. The van der Waals surface area contributed by atoms with Crippen LogP contribution in [-0.4, -0.2) is 10.9 Å². The summed E-state index contributed by atoms with van der Waals surface area (Å²) in [6, 6.07) is 18.2. The van der Waals surface area contributed by atoms with Crippen molar-refractivity contribution in [2.75, 3.05) is 10.6 Å². The Labute approximate surface area is 145 Å². The summed E-state index contributed by atoms with van der Waals surface area (Å²) in [5.74, 6) is -0.0715. The Morgan fingerprint density at radius 2 is 1.79 bits per heavy atom. The van der Waals surface area contributed by atoms with Crippen LogP contribution >= 0.6 is 11.3 Å². The second-order valence-electron chi connectivity index (χ2n) is 5.57. The van der Waals surface area contributed by atoms with E-state index in [1.165, 1.54) is 12.5 Å². The van der Waals surface area contributed by atoms with Crippen molar-refractivity contribution in [3.05, 3.63) is 65.5 Å². The van der Waals surface area contributed by atoms with Gasteiger partial charge in [0.05, 0.1) is 11.7 Å². The molecule has 5 heteroatoms. The molecule has 1 amide bonds. The Bertz CT molecular complexity index is 812. The lowest BCUT2D eigenvalue weighted by Crippen LogP contribution is -2.06. The SMILES string of the molecule is CC(=O)Nc1ccc(-c2csc(N[C@H](C)c3ccccc3)n2)cc1. The molecular formula is C19H19N3OS. The zero-order valence-electron chi connectivity index (χ0n) is 13.6. The van der Waals surface area contributed by atoms with Crippen molar-refractivity contribution in [1.82, 2.24) is 4.98 Å². The zero-order chi connectivity index (χ0) is 16.9. The third-order valence-corrected chi connectivity index (χ3v) is 4.42. The molecule has 122 valence electrons. The van der Waals surface area contributed by atoms with E-state index in [9.17, 15) is 4.79 Å². The highest BCUT2D eigenvalue weighted by Crippen LogP contribution is 2.28. The van der Waals surface area contributed by atoms with E-state index < -0.39 is 0 Å². The Kier molecular flexibility index (Phi) is 4.91.